The fourth-order valence-electron chi connectivity index (χ4n) is 2.48. The second-order valence-corrected chi connectivity index (χ2v) is 7.65. The number of carbonyl (C=O) groups excluding carboxylic acids is 2. The summed E-state index contributed by atoms with van der Waals surface area (Å²) >= 11 is 0. The molecule has 0 bridgehead atoms. The first-order valence-corrected chi connectivity index (χ1v) is 10.1. The van der Waals surface area contributed by atoms with Crippen LogP contribution in [0.15, 0.2) is 59.5 Å². The normalized spacial score (nSPS) is 11.2. The van der Waals surface area contributed by atoms with Gasteiger partial charge in [-0.3, -0.25) is 9.59 Å². The molecule has 0 spiro atoms. The number of hydrogen-bond donors (Lipinski definition) is 2. The van der Waals surface area contributed by atoms with E-state index in [1.165, 1.54) is 28.6 Å². The van der Waals surface area contributed by atoms with Gasteiger partial charge in [0.1, 0.15) is 0 Å². The summed E-state index contributed by atoms with van der Waals surface area (Å²) < 4.78 is 26.2. The van der Waals surface area contributed by atoms with E-state index in [2.05, 4.69) is 10.6 Å². The van der Waals surface area contributed by atoms with Gasteiger partial charge in [-0.1, -0.05) is 32.0 Å². The Balaban J connectivity index is 1.94. The van der Waals surface area contributed by atoms with E-state index in [4.69, 9.17) is 0 Å². The third-order valence-electron chi connectivity index (χ3n) is 3.93. The number of sulfonamides is 1. The van der Waals surface area contributed by atoms with Gasteiger partial charge in [-0.25, -0.2) is 8.42 Å². The average Bonchev–Trinajstić information content (AvgIpc) is 2.68. The molecule has 0 saturated heterocycles. The summed E-state index contributed by atoms with van der Waals surface area (Å²) in [6, 6.07) is 14.5. The lowest BCUT2D eigenvalue weighted by atomic mass is 10.2. The van der Waals surface area contributed by atoms with Gasteiger partial charge in [0.25, 0.3) is 5.91 Å². The van der Waals surface area contributed by atoms with Crippen molar-refractivity contribution in [2.75, 3.05) is 25.0 Å². The van der Waals surface area contributed by atoms with E-state index >= 15 is 0 Å². The minimum Gasteiger partial charge on any atom is -0.343 e. The SMILES string of the molecule is CCN(CC)S(=O)(=O)c1ccc(NC(=O)CNC(=O)c2ccccc2)cc1. The van der Waals surface area contributed by atoms with Gasteiger partial charge in [0.15, 0.2) is 0 Å². The van der Waals surface area contributed by atoms with E-state index < -0.39 is 15.9 Å². The molecule has 2 rings (SSSR count). The molecular weight excluding hydrogens is 366 g/mol. The summed E-state index contributed by atoms with van der Waals surface area (Å²) in [5, 5.41) is 5.15. The van der Waals surface area contributed by atoms with Gasteiger partial charge in [-0.2, -0.15) is 4.31 Å². The zero-order valence-electron chi connectivity index (χ0n) is 15.3. The number of rotatable bonds is 8. The first-order chi connectivity index (χ1) is 12.9. The van der Waals surface area contributed by atoms with E-state index in [1.807, 2.05) is 0 Å². The number of hydrogen-bond acceptors (Lipinski definition) is 4. The topological polar surface area (TPSA) is 95.6 Å². The van der Waals surface area contributed by atoms with Gasteiger partial charge in [-0.15, -0.1) is 0 Å². The van der Waals surface area contributed by atoms with Crippen LogP contribution in [0.4, 0.5) is 5.69 Å². The van der Waals surface area contributed by atoms with Gasteiger partial charge < -0.3 is 10.6 Å². The van der Waals surface area contributed by atoms with Crippen molar-refractivity contribution in [3.8, 4) is 0 Å². The molecular formula is C19H23N3O4S. The van der Waals surface area contributed by atoms with Gasteiger partial charge in [-0.05, 0) is 36.4 Å². The Labute approximate surface area is 159 Å². The zero-order valence-corrected chi connectivity index (χ0v) is 16.1. The van der Waals surface area contributed by atoms with Gasteiger partial charge >= 0.3 is 0 Å². The van der Waals surface area contributed by atoms with Crippen LogP contribution in [-0.2, 0) is 14.8 Å². The third-order valence-corrected chi connectivity index (χ3v) is 5.99. The monoisotopic (exact) mass is 389 g/mol. The smallest absolute Gasteiger partial charge is 0.251 e. The van der Waals surface area contributed by atoms with Crippen LogP contribution < -0.4 is 10.6 Å². The highest BCUT2D eigenvalue weighted by atomic mass is 32.2. The van der Waals surface area contributed by atoms with Crippen molar-refractivity contribution in [2.24, 2.45) is 0 Å². The zero-order chi connectivity index (χ0) is 19.9. The molecule has 0 saturated carbocycles. The number of nitrogens with one attached hydrogen (secondary N) is 2. The number of carbonyl (C=O) groups is 2. The lowest BCUT2D eigenvalue weighted by Gasteiger charge is -2.18. The number of anilines is 1. The quantitative estimate of drug-likeness (QED) is 0.723. The summed E-state index contributed by atoms with van der Waals surface area (Å²) in [4.78, 5) is 24.1. The van der Waals surface area contributed by atoms with Gasteiger partial charge in [0, 0.05) is 24.3 Å². The molecule has 144 valence electrons. The first kappa shape index (κ1) is 20.6. The molecule has 2 amide bonds. The fraction of sp³-hybridized carbons (Fsp3) is 0.263. The molecule has 7 nitrogen and oxygen atoms in total. The number of nitrogens with zero attached hydrogens (tertiary/aromatic N) is 1. The highest BCUT2D eigenvalue weighted by molar-refractivity contribution is 7.89. The predicted octanol–water partition coefficient (Wildman–Crippen LogP) is 2.09. The summed E-state index contributed by atoms with van der Waals surface area (Å²) in [6.45, 7) is 4.14. The molecule has 2 N–H and O–H groups in total. The van der Waals surface area contributed by atoms with E-state index in [0.29, 0.717) is 24.3 Å². The lowest BCUT2D eigenvalue weighted by molar-refractivity contribution is -0.115. The van der Waals surface area contributed by atoms with Crippen molar-refractivity contribution in [3.05, 3.63) is 60.2 Å². The van der Waals surface area contributed by atoms with Crippen LogP contribution in [0, 0.1) is 0 Å². The van der Waals surface area contributed by atoms with Crippen LogP contribution in [0.3, 0.4) is 0 Å². The highest BCUT2D eigenvalue weighted by Gasteiger charge is 2.21. The van der Waals surface area contributed by atoms with Crippen molar-refractivity contribution in [3.63, 3.8) is 0 Å². The molecule has 0 unspecified atom stereocenters. The van der Waals surface area contributed by atoms with Crippen molar-refractivity contribution in [1.29, 1.82) is 0 Å². The van der Waals surface area contributed by atoms with Gasteiger partial charge in [0.2, 0.25) is 15.9 Å². The van der Waals surface area contributed by atoms with Crippen molar-refractivity contribution in [2.45, 2.75) is 18.7 Å². The Morgan fingerprint density at radius 3 is 2.07 bits per heavy atom. The molecule has 0 radical (unpaired) electrons. The maximum Gasteiger partial charge on any atom is 0.251 e. The van der Waals surface area contributed by atoms with E-state index in [0.717, 1.165) is 0 Å². The Morgan fingerprint density at radius 2 is 1.52 bits per heavy atom. The summed E-state index contributed by atoms with van der Waals surface area (Å²) in [7, 11) is -3.53. The lowest BCUT2D eigenvalue weighted by Crippen LogP contribution is -2.32. The highest BCUT2D eigenvalue weighted by Crippen LogP contribution is 2.18. The second-order valence-electron chi connectivity index (χ2n) is 5.71. The van der Waals surface area contributed by atoms with Gasteiger partial charge in [0.05, 0.1) is 11.4 Å². The van der Waals surface area contributed by atoms with Crippen molar-refractivity contribution in [1.82, 2.24) is 9.62 Å². The fourth-order valence-corrected chi connectivity index (χ4v) is 3.94. The molecule has 8 heteroatoms. The van der Waals surface area contributed by atoms with Crippen LogP contribution in [0.2, 0.25) is 0 Å². The Kier molecular flexibility index (Phi) is 7.09. The van der Waals surface area contributed by atoms with Crippen LogP contribution in [0.25, 0.3) is 0 Å². The largest absolute Gasteiger partial charge is 0.343 e. The molecule has 2 aromatic carbocycles. The van der Waals surface area contributed by atoms with Crippen LogP contribution in [-0.4, -0.2) is 44.2 Å². The van der Waals surface area contributed by atoms with E-state index in [1.54, 1.807) is 44.2 Å². The first-order valence-electron chi connectivity index (χ1n) is 8.61. The van der Waals surface area contributed by atoms with Crippen LogP contribution in [0.1, 0.15) is 24.2 Å². The molecule has 0 aliphatic heterocycles. The molecule has 0 aliphatic rings. The Morgan fingerprint density at radius 1 is 0.926 bits per heavy atom. The molecule has 0 aliphatic carbocycles. The minimum absolute atomic E-state index is 0.168. The Hall–Kier alpha value is -2.71. The molecule has 27 heavy (non-hydrogen) atoms. The maximum absolute atomic E-state index is 12.4. The van der Waals surface area contributed by atoms with Crippen molar-refractivity contribution >= 4 is 27.5 Å². The predicted molar refractivity (Wildman–Crippen MR) is 104 cm³/mol. The van der Waals surface area contributed by atoms with E-state index in [-0.39, 0.29) is 17.3 Å². The molecule has 0 heterocycles. The molecule has 0 aromatic heterocycles. The third kappa shape index (κ3) is 5.38. The molecule has 0 fully saturated rings. The van der Waals surface area contributed by atoms with E-state index in [9.17, 15) is 18.0 Å². The number of amides is 2. The van der Waals surface area contributed by atoms with Crippen LogP contribution in [0.5, 0.6) is 0 Å². The minimum atomic E-state index is -3.53. The maximum atomic E-state index is 12.4. The molecule has 0 atom stereocenters. The second kappa shape index (κ2) is 9.29. The summed E-state index contributed by atoms with van der Waals surface area (Å²) in [6.07, 6.45) is 0. The van der Waals surface area contributed by atoms with Crippen molar-refractivity contribution < 1.29 is 18.0 Å². The molecule has 2 aromatic rings. The Bertz CT molecular complexity index is 877. The standard InChI is InChI=1S/C19H23N3O4S/c1-3-22(4-2)27(25,26)17-12-10-16(11-13-17)21-18(23)14-20-19(24)15-8-6-5-7-9-15/h5-13H,3-4,14H2,1-2H3,(H,20,24)(H,21,23). The summed E-state index contributed by atoms with van der Waals surface area (Å²) in [5.74, 6) is -0.745. The average molecular weight is 389 g/mol. The number of benzene rings is 2. The summed E-state index contributed by atoms with van der Waals surface area (Å²) in [5.41, 5.74) is 0.920. The van der Waals surface area contributed by atoms with Crippen LogP contribution >= 0.6 is 0 Å².